The number of rotatable bonds is 9. The fraction of sp³-hybridized carbons (Fsp3) is 0.636. The lowest BCUT2D eigenvalue weighted by Gasteiger charge is -2.28. The Labute approximate surface area is 150 Å². The third-order valence-electron chi connectivity index (χ3n) is 5.46. The molecule has 0 N–H and O–H groups in total. The SMILES string of the molecule is CCCC=CCCCC1CCC(CCc2cc(F)c(F)c(F)c2)CC1. The summed E-state index contributed by atoms with van der Waals surface area (Å²) < 4.78 is 39.5. The van der Waals surface area contributed by atoms with Crippen LogP contribution in [0.2, 0.25) is 0 Å². The van der Waals surface area contributed by atoms with Gasteiger partial charge in [-0.1, -0.05) is 57.6 Å². The molecule has 0 aromatic heterocycles. The van der Waals surface area contributed by atoms with E-state index in [9.17, 15) is 13.2 Å². The number of hydrogen-bond donors (Lipinski definition) is 0. The maximum Gasteiger partial charge on any atom is 0.194 e. The van der Waals surface area contributed by atoms with Gasteiger partial charge in [0.15, 0.2) is 17.5 Å². The number of hydrogen-bond acceptors (Lipinski definition) is 0. The van der Waals surface area contributed by atoms with Crippen molar-refractivity contribution < 1.29 is 13.2 Å². The fourth-order valence-corrected chi connectivity index (χ4v) is 3.86. The largest absolute Gasteiger partial charge is 0.204 e. The molecule has 1 aromatic carbocycles. The Hall–Kier alpha value is -1.25. The van der Waals surface area contributed by atoms with Crippen molar-refractivity contribution in [2.75, 3.05) is 0 Å². The van der Waals surface area contributed by atoms with E-state index < -0.39 is 17.5 Å². The van der Waals surface area contributed by atoms with Crippen molar-refractivity contribution in [1.82, 2.24) is 0 Å². The van der Waals surface area contributed by atoms with Crippen molar-refractivity contribution in [3.8, 4) is 0 Å². The highest BCUT2D eigenvalue weighted by Crippen LogP contribution is 2.34. The molecule has 0 bridgehead atoms. The highest BCUT2D eigenvalue weighted by molar-refractivity contribution is 5.19. The van der Waals surface area contributed by atoms with Crippen LogP contribution in [0.15, 0.2) is 24.3 Å². The lowest BCUT2D eigenvalue weighted by atomic mass is 9.78. The van der Waals surface area contributed by atoms with E-state index >= 15 is 0 Å². The predicted octanol–water partition coefficient (Wildman–Crippen LogP) is 7.37. The monoisotopic (exact) mass is 352 g/mol. The standard InChI is InChI=1S/C22H31F3/c1-2-3-4-5-6-7-8-17-9-11-18(12-10-17)13-14-19-15-20(23)22(25)21(24)16-19/h4-5,15-18H,2-3,6-14H2,1H3. The lowest BCUT2D eigenvalue weighted by Crippen LogP contribution is -2.15. The van der Waals surface area contributed by atoms with Crippen LogP contribution in [-0.4, -0.2) is 0 Å². The van der Waals surface area contributed by atoms with Gasteiger partial charge in [-0.3, -0.25) is 0 Å². The zero-order chi connectivity index (χ0) is 18.1. The van der Waals surface area contributed by atoms with Gasteiger partial charge in [-0.05, 0) is 61.6 Å². The van der Waals surface area contributed by atoms with Gasteiger partial charge in [0.05, 0.1) is 0 Å². The van der Waals surface area contributed by atoms with Crippen LogP contribution in [0.25, 0.3) is 0 Å². The maximum absolute atomic E-state index is 13.3. The molecule has 0 unspecified atom stereocenters. The van der Waals surface area contributed by atoms with Crippen molar-refractivity contribution in [2.45, 2.75) is 77.6 Å². The van der Waals surface area contributed by atoms with Crippen molar-refractivity contribution >= 4 is 0 Å². The van der Waals surface area contributed by atoms with Crippen LogP contribution in [0.4, 0.5) is 13.2 Å². The van der Waals surface area contributed by atoms with Gasteiger partial charge in [0.2, 0.25) is 0 Å². The van der Waals surface area contributed by atoms with Crippen molar-refractivity contribution in [3.05, 3.63) is 47.3 Å². The second kappa shape index (κ2) is 10.7. The Bertz CT molecular complexity index is 519. The third kappa shape index (κ3) is 6.87. The normalized spacial score (nSPS) is 21.1. The molecule has 1 saturated carbocycles. The zero-order valence-electron chi connectivity index (χ0n) is 15.4. The number of aryl methyl sites for hydroxylation is 1. The number of benzene rings is 1. The van der Waals surface area contributed by atoms with Crippen molar-refractivity contribution in [1.29, 1.82) is 0 Å². The Morgan fingerprint density at radius 3 is 2.04 bits per heavy atom. The van der Waals surface area contributed by atoms with E-state index in [1.54, 1.807) is 0 Å². The van der Waals surface area contributed by atoms with Gasteiger partial charge >= 0.3 is 0 Å². The second-order valence-corrected chi connectivity index (χ2v) is 7.49. The van der Waals surface area contributed by atoms with Gasteiger partial charge in [0, 0.05) is 0 Å². The number of allylic oxidation sites excluding steroid dienone is 2. The summed E-state index contributed by atoms with van der Waals surface area (Å²) >= 11 is 0. The summed E-state index contributed by atoms with van der Waals surface area (Å²) in [5.41, 5.74) is 0.567. The molecule has 2 rings (SSSR count). The third-order valence-corrected chi connectivity index (χ3v) is 5.46. The molecule has 0 atom stereocenters. The molecular weight excluding hydrogens is 321 g/mol. The van der Waals surface area contributed by atoms with E-state index in [1.807, 2.05) is 0 Å². The van der Waals surface area contributed by atoms with Crippen LogP contribution in [0, 0.1) is 29.3 Å². The first kappa shape index (κ1) is 20.1. The van der Waals surface area contributed by atoms with E-state index in [0.29, 0.717) is 17.9 Å². The molecule has 1 aromatic rings. The molecule has 1 fully saturated rings. The molecule has 0 radical (unpaired) electrons. The average molecular weight is 352 g/mol. The Kier molecular flexibility index (Phi) is 8.57. The highest BCUT2D eigenvalue weighted by atomic mass is 19.2. The Morgan fingerprint density at radius 2 is 1.44 bits per heavy atom. The van der Waals surface area contributed by atoms with E-state index in [1.165, 1.54) is 57.8 Å². The van der Waals surface area contributed by atoms with E-state index in [-0.39, 0.29) is 0 Å². The molecule has 3 heteroatoms. The van der Waals surface area contributed by atoms with Gasteiger partial charge in [-0.15, -0.1) is 0 Å². The Morgan fingerprint density at radius 1 is 0.880 bits per heavy atom. The van der Waals surface area contributed by atoms with Gasteiger partial charge < -0.3 is 0 Å². The minimum absolute atomic E-state index is 0.567. The molecule has 0 heterocycles. The van der Waals surface area contributed by atoms with Crippen LogP contribution < -0.4 is 0 Å². The summed E-state index contributed by atoms with van der Waals surface area (Å²) in [7, 11) is 0. The zero-order valence-corrected chi connectivity index (χ0v) is 15.4. The quantitative estimate of drug-likeness (QED) is 0.247. The van der Waals surface area contributed by atoms with E-state index in [0.717, 1.165) is 24.5 Å². The highest BCUT2D eigenvalue weighted by Gasteiger charge is 2.21. The van der Waals surface area contributed by atoms with Gasteiger partial charge in [-0.2, -0.15) is 0 Å². The van der Waals surface area contributed by atoms with E-state index in [4.69, 9.17) is 0 Å². The molecule has 25 heavy (non-hydrogen) atoms. The fourth-order valence-electron chi connectivity index (χ4n) is 3.86. The molecule has 0 amide bonds. The molecule has 0 spiro atoms. The summed E-state index contributed by atoms with van der Waals surface area (Å²) in [6, 6.07) is 2.27. The smallest absolute Gasteiger partial charge is 0.194 e. The summed E-state index contributed by atoms with van der Waals surface area (Å²) in [5, 5.41) is 0. The molecule has 0 aliphatic heterocycles. The molecule has 0 nitrogen and oxygen atoms in total. The summed E-state index contributed by atoms with van der Waals surface area (Å²) in [4.78, 5) is 0. The maximum atomic E-state index is 13.3. The first-order valence-corrected chi connectivity index (χ1v) is 9.88. The van der Waals surface area contributed by atoms with Gasteiger partial charge in [-0.25, -0.2) is 13.2 Å². The predicted molar refractivity (Wildman–Crippen MR) is 98.0 cm³/mol. The summed E-state index contributed by atoms with van der Waals surface area (Å²) in [6.45, 7) is 2.20. The van der Waals surface area contributed by atoms with Gasteiger partial charge in [0.25, 0.3) is 0 Å². The summed E-state index contributed by atoms with van der Waals surface area (Å²) in [5.74, 6) is -2.04. The molecule has 1 aliphatic rings. The molecule has 1 aliphatic carbocycles. The summed E-state index contributed by atoms with van der Waals surface area (Å²) in [6.07, 6.45) is 17.3. The minimum Gasteiger partial charge on any atom is -0.204 e. The van der Waals surface area contributed by atoms with Crippen molar-refractivity contribution in [2.24, 2.45) is 11.8 Å². The number of halogens is 3. The topological polar surface area (TPSA) is 0 Å². The van der Waals surface area contributed by atoms with Crippen LogP contribution in [0.5, 0.6) is 0 Å². The lowest BCUT2D eigenvalue weighted by molar-refractivity contribution is 0.250. The molecule has 0 saturated heterocycles. The van der Waals surface area contributed by atoms with E-state index in [2.05, 4.69) is 19.1 Å². The first-order valence-electron chi connectivity index (χ1n) is 9.88. The average Bonchev–Trinajstić information content (AvgIpc) is 2.61. The van der Waals surface area contributed by atoms with Crippen LogP contribution in [0.1, 0.15) is 76.7 Å². The second-order valence-electron chi connectivity index (χ2n) is 7.49. The first-order chi connectivity index (χ1) is 12.1. The Balaban J connectivity index is 1.64. The van der Waals surface area contributed by atoms with Crippen LogP contribution >= 0.6 is 0 Å². The van der Waals surface area contributed by atoms with Crippen molar-refractivity contribution in [3.63, 3.8) is 0 Å². The molecular formula is C22H31F3. The van der Waals surface area contributed by atoms with Gasteiger partial charge in [0.1, 0.15) is 0 Å². The van der Waals surface area contributed by atoms with Crippen LogP contribution in [0.3, 0.4) is 0 Å². The van der Waals surface area contributed by atoms with Crippen LogP contribution in [-0.2, 0) is 6.42 Å². The minimum atomic E-state index is -1.37. The molecule has 140 valence electrons. The number of unbranched alkanes of at least 4 members (excludes halogenated alkanes) is 2.